The topological polar surface area (TPSA) is 75.3 Å². The van der Waals surface area contributed by atoms with Crippen molar-refractivity contribution in [2.75, 3.05) is 38.2 Å². The zero-order valence-electron chi connectivity index (χ0n) is 17.1. The number of likely N-dealkylation sites (tertiary alicyclic amines) is 1. The lowest BCUT2D eigenvalue weighted by Crippen LogP contribution is -2.47. The number of nitrogens with one attached hydrogen (secondary N) is 2. The molecule has 3 aromatic rings. The van der Waals surface area contributed by atoms with Crippen molar-refractivity contribution in [1.29, 1.82) is 0 Å². The molecule has 2 aromatic heterocycles. The molecular weight excluding hydrogens is 423 g/mol. The summed E-state index contributed by atoms with van der Waals surface area (Å²) in [5.41, 5.74) is 0.280. The third-order valence-corrected chi connectivity index (χ3v) is 6.81. The number of anilines is 1. The van der Waals surface area contributed by atoms with Crippen LogP contribution in [0.25, 0.3) is 11.0 Å². The summed E-state index contributed by atoms with van der Waals surface area (Å²) in [5, 5.41) is 3.76. The number of halogens is 3. The molecule has 2 saturated heterocycles. The van der Waals surface area contributed by atoms with E-state index in [0.717, 1.165) is 43.7 Å². The fourth-order valence-corrected chi connectivity index (χ4v) is 5.19. The van der Waals surface area contributed by atoms with Gasteiger partial charge >= 0.3 is 6.18 Å². The van der Waals surface area contributed by atoms with Gasteiger partial charge in [0.2, 0.25) is 0 Å². The Morgan fingerprint density at radius 1 is 1.06 bits per heavy atom. The van der Waals surface area contributed by atoms with Crippen LogP contribution >= 0.6 is 0 Å². The molecule has 3 aliphatic heterocycles. The fraction of sp³-hybridized carbons (Fsp3) is 0.455. The maximum atomic E-state index is 13.3. The van der Waals surface area contributed by atoms with Crippen molar-refractivity contribution in [1.82, 2.24) is 19.9 Å². The van der Waals surface area contributed by atoms with Crippen LogP contribution in [0.1, 0.15) is 17.3 Å². The minimum absolute atomic E-state index is 0.0153. The van der Waals surface area contributed by atoms with Crippen molar-refractivity contribution in [3.05, 3.63) is 47.9 Å². The lowest BCUT2D eigenvalue weighted by Gasteiger charge is -2.39. The van der Waals surface area contributed by atoms with E-state index in [9.17, 15) is 13.2 Å². The second kappa shape index (κ2) is 7.35. The Hall–Kier alpha value is -2.85. The Morgan fingerprint density at radius 3 is 2.62 bits per heavy atom. The lowest BCUT2D eigenvalue weighted by atomic mass is 9.95. The molecule has 168 valence electrons. The van der Waals surface area contributed by atoms with Gasteiger partial charge in [-0.15, -0.1) is 0 Å². The molecular formula is C22H22F3N5O2. The van der Waals surface area contributed by atoms with Crippen molar-refractivity contribution in [2.45, 2.75) is 18.3 Å². The Morgan fingerprint density at radius 2 is 1.84 bits per heavy atom. The van der Waals surface area contributed by atoms with Crippen LogP contribution in [0.15, 0.2) is 36.7 Å². The normalized spacial score (nSPS) is 27.8. The first-order valence-electron chi connectivity index (χ1n) is 10.7. The lowest BCUT2D eigenvalue weighted by molar-refractivity contribution is -0.140. The predicted octanol–water partition coefficient (Wildman–Crippen LogP) is 3.47. The Labute approximate surface area is 181 Å². The molecule has 5 heterocycles. The van der Waals surface area contributed by atoms with E-state index in [0.29, 0.717) is 29.6 Å². The Bertz CT molecular complexity index is 1140. The molecule has 2 N–H and O–H groups in total. The summed E-state index contributed by atoms with van der Waals surface area (Å²) in [6, 6.07) is 8.66. The number of hydrogen-bond acceptors (Lipinski definition) is 6. The van der Waals surface area contributed by atoms with Gasteiger partial charge in [0.05, 0.1) is 30.7 Å². The van der Waals surface area contributed by atoms with Crippen LogP contribution in [0.5, 0.6) is 5.75 Å². The minimum Gasteiger partial charge on any atom is -0.491 e. The third-order valence-electron chi connectivity index (χ3n) is 6.81. The molecule has 2 fully saturated rings. The molecule has 3 aliphatic rings. The molecule has 0 amide bonds. The van der Waals surface area contributed by atoms with Crippen LogP contribution in [-0.2, 0) is 10.9 Å². The zero-order valence-corrected chi connectivity index (χ0v) is 17.1. The number of H-pyrrole nitrogens is 1. The van der Waals surface area contributed by atoms with E-state index in [2.05, 4.69) is 25.2 Å². The van der Waals surface area contributed by atoms with E-state index in [1.807, 2.05) is 24.3 Å². The molecule has 10 heteroatoms. The first kappa shape index (κ1) is 19.8. The number of fused-ring (bicyclic) bond motifs is 3. The number of aromatic amines is 1. The van der Waals surface area contributed by atoms with E-state index >= 15 is 0 Å². The van der Waals surface area contributed by atoms with Crippen LogP contribution in [0, 0.1) is 11.8 Å². The van der Waals surface area contributed by atoms with Gasteiger partial charge in [0.15, 0.2) is 0 Å². The van der Waals surface area contributed by atoms with Gasteiger partial charge in [-0.05, 0) is 12.1 Å². The van der Waals surface area contributed by atoms with E-state index in [-0.39, 0.29) is 17.7 Å². The zero-order chi connectivity index (χ0) is 21.9. The number of alkyl halides is 3. The van der Waals surface area contributed by atoms with Gasteiger partial charge in [-0.3, -0.25) is 4.90 Å². The largest absolute Gasteiger partial charge is 0.491 e. The van der Waals surface area contributed by atoms with Crippen molar-refractivity contribution in [2.24, 2.45) is 11.8 Å². The first-order valence-corrected chi connectivity index (χ1v) is 10.7. The second-order valence-corrected chi connectivity index (χ2v) is 8.72. The van der Waals surface area contributed by atoms with Gasteiger partial charge in [0, 0.05) is 30.5 Å². The van der Waals surface area contributed by atoms with Gasteiger partial charge in [-0.1, -0.05) is 18.2 Å². The molecule has 7 nitrogen and oxygen atoms in total. The number of ether oxygens (including phenoxy) is 2. The highest BCUT2D eigenvalue weighted by atomic mass is 19.4. The molecule has 32 heavy (non-hydrogen) atoms. The van der Waals surface area contributed by atoms with Crippen LogP contribution in [0.2, 0.25) is 0 Å². The summed E-state index contributed by atoms with van der Waals surface area (Å²) < 4.78 is 51.5. The van der Waals surface area contributed by atoms with Crippen molar-refractivity contribution in [3.63, 3.8) is 0 Å². The summed E-state index contributed by atoms with van der Waals surface area (Å²) in [6.07, 6.45) is -3.21. The highest BCUT2D eigenvalue weighted by Gasteiger charge is 2.44. The van der Waals surface area contributed by atoms with Gasteiger partial charge in [-0.2, -0.15) is 13.2 Å². The van der Waals surface area contributed by atoms with E-state index in [4.69, 9.17) is 9.47 Å². The van der Waals surface area contributed by atoms with Gasteiger partial charge in [0.1, 0.15) is 35.8 Å². The average molecular weight is 445 g/mol. The van der Waals surface area contributed by atoms with Gasteiger partial charge in [-0.25, -0.2) is 9.97 Å². The first-order chi connectivity index (χ1) is 15.5. The van der Waals surface area contributed by atoms with E-state index < -0.39 is 11.9 Å². The quantitative estimate of drug-likeness (QED) is 0.643. The maximum absolute atomic E-state index is 13.3. The highest BCUT2D eigenvalue weighted by Crippen LogP contribution is 2.41. The number of benzene rings is 1. The monoisotopic (exact) mass is 445 g/mol. The number of rotatable bonds is 3. The van der Waals surface area contributed by atoms with Gasteiger partial charge < -0.3 is 19.8 Å². The van der Waals surface area contributed by atoms with Crippen LogP contribution in [0.3, 0.4) is 0 Å². The summed E-state index contributed by atoms with van der Waals surface area (Å²) in [4.78, 5) is 13.1. The number of hydrogen-bond donors (Lipinski definition) is 2. The Balaban J connectivity index is 1.37. The van der Waals surface area contributed by atoms with Crippen molar-refractivity contribution in [3.8, 4) is 5.75 Å². The van der Waals surface area contributed by atoms with Gasteiger partial charge in [0.25, 0.3) is 0 Å². The fourth-order valence-electron chi connectivity index (χ4n) is 5.19. The average Bonchev–Trinajstić information content (AvgIpc) is 3.48. The van der Waals surface area contributed by atoms with Crippen molar-refractivity contribution >= 4 is 16.9 Å². The standard InChI is InChI=1S/C22H22F3N5O2/c23-22(24,25)18-5-15-20(28-18)26-11-27-21(15)29-19-14-3-1-2-4-17(14)32-10-16(19)30-6-12-8-31-9-13(12)7-30/h1-5,11-13,16,19H,6-10H2,(H2,26,27,28,29). The van der Waals surface area contributed by atoms with Crippen LogP contribution < -0.4 is 10.1 Å². The Kier molecular flexibility index (Phi) is 4.55. The molecule has 4 unspecified atom stereocenters. The minimum atomic E-state index is -4.48. The maximum Gasteiger partial charge on any atom is 0.431 e. The number of aromatic nitrogens is 3. The number of nitrogens with zero attached hydrogens (tertiary/aromatic N) is 3. The number of para-hydroxylation sites is 1. The molecule has 4 atom stereocenters. The molecule has 1 aromatic carbocycles. The SMILES string of the molecule is FC(F)(F)c1cc2c(NC3c4ccccc4OCC3N3CC4COCC4C3)ncnc2[nH]1. The van der Waals surface area contributed by atoms with Crippen LogP contribution in [0.4, 0.5) is 19.0 Å². The predicted molar refractivity (Wildman–Crippen MR) is 110 cm³/mol. The molecule has 0 bridgehead atoms. The molecule has 0 spiro atoms. The molecule has 0 saturated carbocycles. The summed E-state index contributed by atoms with van der Waals surface area (Å²) in [7, 11) is 0. The summed E-state index contributed by atoms with van der Waals surface area (Å²) in [5.74, 6) is 2.17. The van der Waals surface area contributed by atoms with E-state index in [1.54, 1.807) is 0 Å². The molecule has 0 aliphatic carbocycles. The van der Waals surface area contributed by atoms with E-state index in [1.165, 1.54) is 6.33 Å². The second-order valence-electron chi connectivity index (χ2n) is 8.72. The summed E-state index contributed by atoms with van der Waals surface area (Å²) in [6.45, 7) is 3.88. The molecule has 6 rings (SSSR count). The third kappa shape index (κ3) is 3.29. The molecule has 0 radical (unpaired) electrons. The highest BCUT2D eigenvalue weighted by molar-refractivity contribution is 5.88. The van der Waals surface area contributed by atoms with Crippen LogP contribution in [-0.4, -0.2) is 58.8 Å². The van der Waals surface area contributed by atoms with Crippen molar-refractivity contribution < 1.29 is 22.6 Å². The smallest absolute Gasteiger partial charge is 0.431 e. The summed E-state index contributed by atoms with van der Waals surface area (Å²) >= 11 is 0.